The molecule has 1 aromatic heterocycles. The first kappa shape index (κ1) is 8.75. The van der Waals surface area contributed by atoms with Gasteiger partial charge in [-0.2, -0.15) is 5.10 Å². The highest BCUT2D eigenvalue weighted by atomic mass is 15.3. The molecule has 1 aliphatic heterocycles. The van der Waals surface area contributed by atoms with Gasteiger partial charge in [-0.15, -0.1) is 0 Å². The molecule has 1 fully saturated rings. The third kappa shape index (κ3) is 1.75. The zero-order valence-corrected chi connectivity index (χ0v) is 8.16. The van der Waals surface area contributed by atoms with Crippen LogP contribution in [0.1, 0.15) is 37.9 Å². The van der Waals surface area contributed by atoms with Crippen LogP contribution in [-0.2, 0) is 6.54 Å². The summed E-state index contributed by atoms with van der Waals surface area (Å²) in [6.45, 7) is 4.26. The number of hydrogen-bond donors (Lipinski definition) is 1. The Kier molecular flexibility index (Phi) is 2.64. The molecule has 0 bridgehead atoms. The topological polar surface area (TPSA) is 29.9 Å². The van der Waals surface area contributed by atoms with Crippen LogP contribution in [0.2, 0.25) is 0 Å². The second-order valence-electron chi connectivity index (χ2n) is 3.57. The van der Waals surface area contributed by atoms with Gasteiger partial charge >= 0.3 is 0 Å². The van der Waals surface area contributed by atoms with Crippen molar-refractivity contribution < 1.29 is 0 Å². The van der Waals surface area contributed by atoms with Crippen LogP contribution in [0.5, 0.6) is 0 Å². The number of aryl methyl sites for hydroxylation is 1. The van der Waals surface area contributed by atoms with E-state index in [0.29, 0.717) is 6.04 Å². The first-order chi connectivity index (χ1) is 6.42. The second-order valence-corrected chi connectivity index (χ2v) is 3.57. The van der Waals surface area contributed by atoms with Gasteiger partial charge in [-0.05, 0) is 32.4 Å². The number of nitrogens with zero attached hydrogens (tertiary/aromatic N) is 2. The lowest BCUT2D eigenvalue weighted by Gasteiger charge is -2.23. The predicted octanol–water partition coefficient (Wildman–Crippen LogP) is 1.72. The fourth-order valence-corrected chi connectivity index (χ4v) is 2.01. The van der Waals surface area contributed by atoms with Gasteiger partial charge in [-0.1, -0.05) is 6.42 Å². The van der Waals surface area contributed by atoms with Gasteiger partial charge in [0.25, 0.3) is 0 Å². The number of rotatable bonds is 2. The quantitative estimate of drug-likeness (QED) is 0.749. The van der Waals surface area contributed by atoms with Crippen LogP contribution in [0, 0.1) is 0 Å². The molecule has 3 heteroatoms. The van der Waals surface area contributed by atoms with E-state index in [2.05, 4.69) is 28.1 Å². The van der Waals surface area contributed by atoms with Crippen molar-refractivity contribution >= 4 is 0 Å². The monoisotopic (exact) mass is 179 g/mol. The summed E-state index contributed by atoms with van der Waals surface area (Å²) < 4.78 is 2.09. The van der Waals surface area contributed by atoms with Gasteiger partial charge < -0.3 is 5.32 Å². The average molecular weight is 179 g/mol. The zero-order valence-electron chi connectivity index (χ0n) is 8.16. The van der Waals surface area contributed by atoms with E-state index in [9.17, 15) is 0 Å². The zero-order chi connectivity index (χ0) is 9.10. The molecule has 0 aliphatic carbocycles. The average Bonchev–Trinajstić information content (AvgIpc) is 2.67. The molecule has 2 heterocycles. The SMILES string of the molecule is CCn1nccc1[C@H]1CCCCN1. The first-order valence-corrected chi connectivity index (χ1v) is 5.17. The standard InChI is InChI=1S/C10H17N3/c1-2-13-10(6-8-12-13)9-5-3-4-7-11-9/h6,8-9,11H,2-5,7H2,1H3/t9-/m1/s1. The molecule has 3 nitrogen and oxygen atoms in total. The van der Waals surface area contributed by atoms with Crippen LogP contribution >= 0.6 is 0 Å². The van der Waals surface area contributed by atoms with E-state index in [1.807, 2.05) is 6.20 Å². The van der Waals surface area contributed by atoms with Crippen LogP contribution < -0.4 is 5.32 Å². The van der Waals surface area contributed by atoms with Crippen molar-refractivity contribution in [3.63, 3.8) is 0 Å². The smallest absolute Gasteiger partial charge is 0.0553 e. The Morgan fingerprint density at radius 2 is 2.54 bits per heavy atom. The van der Waals surface area contributed by atoms with Gasteiger partial charge in [0.2, 0.25) is 0 Å². The Labute approximate surface area is 79.1 Å². The third-order valence-electron chi connectivity index (χ3n) is 2.72. The van der Waals surface area contributed by atoms with Gasteiger partial charge in [-0.25, -0.2) is 0 Å². The van der Waals surface area contributed by atoms with E-state index in [-0.39, 0.29) is 0 Å². The maximum Gasteiger partial charge on any atom is 0.0553 e. The number of nitrogens with one attached hydrogen (secondary N) is 1. The minimum absolute atomic E-state index is 0.538. The van der Waals surface area contributed by atoms with Crippen LogP contribution in [0.25, 0.3) is 0 Å². The Balaban J connectivity index is 2.13. The lowest BCUT2D eigenvalue weighted by atomic mass is 10.0. The van der Waals surface area contributed by atoms with E-state index >= 15 is 0 Å². The number of hydrogen-bond acceptors (Lipinski definition) is 2. The largest absolute Gasteiger partial charge is 0.309 e. The van der Waals surface area contributed by atoms with Crippen molar-refractivity contribution in [1.29, 1.82) is 0 Å². The summed E-state index contributed by atoms with van der Waals surface area (Å²) in [6, 6.07) is 2.67. The van der Waals surface area contributed by atoms with Crippen LogP contribution in [-0.4, -0.2) is 16.3 Å². The summed E-state index contributed by atoms with van der Waals surface area (Å²) in [6.07, 6.45) is 5.81. The van der Waals surface area contributed by atoms with Crippen molar-refractivity contribution in [2.45, 2.75) is 38.8 Å². The lowest BCUT2D eigenvalue weighted by Crippen LogP contribution is -2.28. The van der Waals surface area contributed by atoms with Crippen molar-refractivity contribution in [2.75, 3.05) is 6.54 Å². The normalized spacial score (nSPS) is 23.3. The lowest BCUT2D eigenvalue weighted by molar-refractivity contribution is 0.388. The minimum atomic E-state index is 0.538. The van der Waals surface area contributed by atoms with E-state index in [1.54, 1.807) is 0 Å². The summed E-state index contributed by atoms with van der Waals surface area (Å²) in [7, 11) is 0. The fourth-order valence-electron chi connectivity index (χ4n) is 2.01. The van der Waals surface area contributed by atoms with Gasteiger partial charge in [0, 0.05) is 18.8 Å². The molecule has 1 N–H and O–H groups in total. The van der Waals surface area contributed by atoms with E-state index in [0.717, 1.165) is 13.1 Å². The van der Waals surface area contributed by atoms with Crippen molar-refractivity contribution in [3.8, 4) is 0 Å². The molecule has 0 aromatic carbocycles. The van der Waals surface area contributed by atoms with Gasteiger partial charge in [0.1, 0.15) is 0 Å². The van der Waals surface area contributed by atoms with Crippen molar-refractivity contribution in [1.82, 2.24) is 15.1 Å². The number of aromatic nitrogens is 2. The molecule has 0 radical (unpaired) electrons. The Morgan fingerprint density at radius 3 is 3.23 bits per heavy atom. The van der Waals surface area contributed by atoms with Crippen LogP contribution in [0.15, 0.2) is 12.3 Å². The molecule has 1 saturated heterocycles. The Morgan fingerprint density at radius 1 is 1.62 bits per heavy atom. The summed E-state index contributed by atoms with van der Waals surface area (Å²) >= 11 is 0. The number of piperidine rings is 1. The Bertz CT molecular complexity index is 261. The molecule has 72 valence electrons. The van der Waals surface area contributed by atoms with Crippen molar-refractivity contribution in [2.24, 2.45) is 0 Å². The van der Waals surface area contributed by atoms with Gasteiger partial charge in [-0.3, -0.25) is 4.68 Å². The Hall–Kier alpha value is -0.830. The summed E-state index contributed by atoms with van der Waals surface area (Å²) in [5.74, 6) is 0. The molecule has 0 spiro atoms. The van der Waals surface area contributed by atoms with E-state index < -0.39 is 0 Å². The van der Waals surface area contributed by atoms with Gasteiger partial charge in [0.05, 0.1) is 5.69 Å². The predicted molar refractivity (Wildman–Crippen MR) is 52.5 cm³/mol. The van der Waals surface area contributed by atoms with Crippen LogP contribution in [0.3, 0.4) is 0 Å². The van der Waals surface area contributed by atoms with E-state index in [4.69, 9.17) is 0 Å². The highest BCUT2D eigenvalue weighted by Gasteiger charge is 2.17. The highest BCUT2D eigenvalue weighted by molar-refractivity contribution is 5.07. The molecule has 0 saturated carbocycles. The molecule has 0 amide bonds. The van der Waals surface area contributed by atoms with Crippen LogP contribution in [0.4, 0.5) is 0 Å². The second kappa shape index (κ2) is 3.92. The molecule has 13 heavy (non-hydrogen) atoms. The summed E-state index contributed by atoms with van der Waals surface area (Å²) in [5.41, 5.74) is 1.35. The fraction of sp³-hybridized carbons (Fsp3) is 0.700. The highest BCUT2D eigenvalue weighted by Crippen LogP contribution is 2.22. The maximum atomic E-state index is 4.29. The summed E-state index contributed by atoms with van der Waals surface area (Å²) in [4.78, 5) is 0. The molecule has 0 unspecified atom stereocenters. The molecular formula is C10H17N3. The van der Waals surface area contributed by atoms with Gasteiger partial charge in [0.15, 0.2) is 0 Å². The molecule has 1 aromatic rings. The molecule has 1 atom stereocenters. The molecule has 1 aliphatic rings. The maximum absolute atomic E-state index is 4.29. The molecular weight excluding hydrogens is 162 g/mol. The van der Waals surface area contributed by atoms with Crippen molar-refractivity contribution in [3.05, 3.63) is 18.0 Å². The van der Waals surface area contributed by atoms with E-state index in [1.165, 1.54) is 25.0 Å². The third-order valence-corrected chi connectivity index (χ3v) is 2.72. The first-order valence-electron chi connectivity index (χ1n) is 5.17. The summed E-state index contributed by atoms with van der Waals surface area (Å²) in [5, 5.41) is 7.82. The minimum Gasteiger partial charge on any atom is -0.309 e. The molecule has 2 rings (SSSR count).